The lowest BCUT2D eigenvalue weighted by molar-refractivity contribution is -0.192. The second-order valence-electron chi connectivity index (χ2n) is 4.93. The molecule has 11 heteroatoms. The predicted molar refractivity (Wildman–Crippen MR) is 79.2 cm³/mol. The van der Waals surface area contributed by atoms with Crippen LogP contribution in [0, 0.1) is 0 Å². The van der Waals surface area contributed by atoms with Gasteiger partial charge in [-0.2, -0.15) is 13.2 Å². The molecule has 2 heterocycles. The lowest BCUT2D eigenvalue weighted by Gasteiger charge is -2.15. The minimum atomic E-state index is -5.08. The molecule has 0 saturated carbocycles. The minimum Gasteiger partial charge on any atom is -0.477 e. The third-order valence-electron chi connectivity index (χ3n) is 3.07. The number of carboxylic acids is 2. The van der Waals surface area contributed by atoms with Crippen molar-refractivity contribution in [2.24, 2.45) is 0 Å². The molecule has 0 atom stereocenters. The number of nitrogens with zero attached hydrogens (tertiary/aromatic N) is 2. The molecule has 1 amide bonds. The number of nitrogens with one attached hydrogen (secondary N) is 1. The van der Waals surface area contributed by atoms with Gasteiger partial charge in [0.2, 0.25) is 5.91 Å². The Morgan fingerprint density at radius 3 is 2.40 bits per heavy atom. The van der Waals surface area contributed by atoms with Gasteiger partial charge in [-0.15, -0.1) is 0 Å². The van der Waals surface area contributed by atoms with Crippen molar-refractivity contribution in [1.82, 2.24) is 9.88 Å². The molecule has 2 rings (SSSR count). The number of pyridine rings is 1. The van der Waals surface area contributed by atoms with Gasteiger partial charge in [0.1, 0.15) is 5.82 Å². The number of likely N-dealkylation sites (tertiary alicyclic amines) is 1. The van der Waals surface area contributed by atoms with E-state index >= 15 is 0 Å². The average molecular weight is 363 g/mol. The zero-order valence-corrected chi connectivity index (χ0v) is 12.9. The second-order valence-corrected chi connectivity index (χ2v) is 4.93. The van der Waals surface area contributed by atoms with Crippen LogP contribution in [0.25, 0.3) is 0 Å². The molecule has 0 aromatic carbocycles. The van der Waals surface area contributed by atoms with Crippen molar-refractivity contribution >= 4 is 23.7 Å². The van der Waals surface area contributed by atoms with Gasteiger partial charge in [0, 0.05) is 26.1 Å². The molecule has 1 fully saturated rings. The van der Waals surface area contributed by atoms with E-state index in [0.717, 1.165) is 13.0 Å². The van der Waals surface area contributed by atoms with E-state index in [1.807, 2.05) is 0 Å². The number of carbonyl (C=O) groups is 3. The first kappa shape index (κ1) is 20.2. The Morgan fingerprint density at radius 1 is 1.28 bits per heavy atom. The van der Waals surface area contributed by atoms with Gasteiger partial charge in [0.15, 0.2) is 5.69 Å². The number of carboxylic acid groups (broad SMARTS) is 2. The van der Waals surface area contributed by atoms with Crippen LogP contribution in [-0.2, 0) is 9.59 Å². The summed E-state index contributed by atoms with van der Waals surface area (Å²) in [7, 11) is 0. The third-order valence-corrected chi connectivity index (χ3v) is 3.07. The Hall–Kier alpha value is -2.85. The molecule has 0 aliphatic carbocycles. The van der Waals surface area contributed by atoms with Gasteiger partial charge in [-0.3, -0.25) is 4.79 Å². The molecule has 138 valence electrons. The fourth-order valence-electron chi connectivity index (χ4n) is 1.91. The monoisotopic (exact) mass is 363 g/mol. The highest BCUT2D eigenvalue weighted by atomic mass is 19.4. The van der Waals surface area contributed by atoms with Crippen molar-refractivity contribution in [3.63, 3.8) is 0 Å². The molecular formula is C14H16F3N3O5. The van der Waals surface area contributed by atoms with E-state index in [-0.39, 0.29) is 11.6 Å². The molecule has 25 heavy (non-hydrogen) atoms. The lowest BCUT2D eigenvalue weighted by atomic mass is 10.3. The first-order chi connectivity index (χ1) is 11.6. The molecule has 0 bridgehead atoms. The third kappa shape index (κ3) is 7.06. The largest absolute Gasteiger partial charge is 0.490 e. The first-order valence-electron chi connectivity index (χ1n) is 7.13. The number of alkyl halides is 3. The van der Waals surface area contributed by atoms with E-state index in [1.54, 1.807) is 17.0 Å². The molecular weight excluding hydrogens is 347 g/mol. The highest BCUT2D eigenvalue weighted by molar-refractivity contribution is 5.85. The number of carbonyl (C=O) groups excluding carboxylic acids is 1. The van der Waals surface area contributed by atoms with Gasteiger partial charge in [-0.1, -0.05) is 6.07 Å². The summed E-state index contributed by atoms with van der Waals surface area (Å²) >= 11 is 0. The topological polar surface area (TPSA) is 120 Å². The van der Waals surface area contributed by atoms with E-state index in [0.29, 0.717) is 25.3 Å². The average Bonchev–Trinajstić information content (AvgIpc) is 2.92. The zero-order chi connectivity index (χ0) is 19.0. The number of amides is 1. The van der Waals surface area contributed by atoms with E-state index in [2.05, 4.69) is 10.3 Å². The van der Waals surface area contributed by atoms with Gasteiger partial charge in [0.25, 0.3) is 0 Å². The minimum absolute atomic E-state index is 0.0113. The van der Waals surface area contributed by atoms with Gasteiger partial charge >= 0.3 is 18.1 Å². The van der Waals surface area contributed by atoms with Gasteiger partial charge in [0.05, 0.1) is 0 Å². The Labute approximate surface area is 140 Å². The number of aromatic carboxylic acids is 1. The van der Waals surface area contributed by atoms with Crippen LogP contribution in [-0.4, -0.2) is 63.8 Å². The maximum absolute atomic E-state index is 11.4. The van der Waals surface area contributed by atoms with E-state index in [9.17, 15) is 22.8 Å². The molecule has 1 aromatic heterocycles. The molecule has 1 aromatic rings. The number of anilines is 1. The van der Waals surface area contributed by atoms with Crippen molar-refractivity contribution in [2.45, 2.75) is 19.0 Å². The Balaban J connectivity index is 0.000000381. The Bertz CT molecular complexity index is 636. The summed E-state index contributed by atoms with van der Waals surface area (Å²) in [5.41, 5.74) is 0.0113. The Kier molecular flexibility index (Phi) is 7.15. The SMILES string of the molecule is O=C(O)C(F)(F)F.O=C(O)c1cccc(NCCN2CCCC2=O)n1. The van der Waals surface area contributed by atoms with E-state index < -0.39 is 18.1 Å². The van der Waals surface area contributed by atoms with Gasteiger partial charge < -0.3 is 20.4 Å². The second kappa shape index (κ2) is 8.85. The summed E-state index contributed by atoms with van der Waals surface area (Å²) in [5.74, 6) is -3.11. The smallest absolute Gasteiger partial charge is 0.477 e. The summed E-state index contributed by atoms with van der Waals surface area (Å²) in [6.07, 6.45) is -3.53. The summed E-state index contributed by atoms with van der Waals surface area (Å²) in [4.78, 5) is 36.7. The summed E-state index contributed by atoms with van der Waals surface area (Å²) < 4.78 is 31.7. The molecule has 0 spiro atoms. The maximum Gasteiger partial charge on any atom is 0.490 e. The van der Waals surface area contributed by atoms with Crippen LogP contribution < -0.4 is 5.32 Å². The van der Waals surface area contributed by atoms with Crippen LogP contribution in [0.1, 0.15) is 23.3 Å². The van der Waals surface area contributed by atoms with E-state index in [4.69, 9.17) is 15.0 Å². The molecule has 1 saturated heterocycles. The molecule has 1 aliphatic rings. The number of aromatic nitrogens is 1. The summed E-state index contributed by atoms with van der Waals surface area (Å²) in [5, 5.41) is 18.9. The van der Waals surface area contributed by atoms with Gasteiger partial charge in [-0.25, -0.2) is 14.6 Å². The zero-order valence-electron chi connectivity index (χ0n) is 12.9. The molecule has 8 nitrogen and oxygen atoms in total. The Morgan fingerprint density at radius 2 is 1.92 bits per heavy atom. The quantitative estimate of drug-likeness (QED) is 0.724. The van der Waals surface area contributed by atoms with Crippen molar-refractivity contribution in [1.29, 1.82) is 0 Å². The van der Waals surface area contributed by atoms with E-state index in [1.165, 1.54) is 6.07 Å². The molecule has 0 unspecified atom stereocenters. The van der Waals surface area contributed by atoms with Crippen LogP contribution in [0.5, 0.6) is 0 Å². The first-order valence-corrected chi connectivity index (χ1v) is 7.13. The normalized spacial score (nSPS) is 13.9. The van der Waals surface area contributed by atoms with Crippen molar-refractivity contribution in [3.05, 3.63) is 23.9 Å². The van der Waals surface area contributed by atoms with Crippen LogP contribution in [0.2, 0.25) is 0 Å². The fourth-order valence-corrected chi connectivity index (χ4v) is 1.91. The number of aliphatic carboxylic acids is 1. The van der Waals surface area contributed by atoms with Crippen LogP contribution in [0.15, 0.2) is 18.2 Å². The molecule has 3 N–H and O–H groups in total. The number of halogens is 3. The molecule has 1 aliphatic heterocycles. The highest BCUT2D eigenvalue weighted by Gasteiger charge is 2.38. The van der Waals surface area contributed by atoms with Crippen LogP contribution in [0.4, 0.5) is 19.0 Å². The fraction of sp³-hybridized carbons (Fsp3) is 0.429. The number of rotatable bonds is 5. The van der Waals surface area contributed by atoms with Crippen LogP contribution >= 0.6 is 0 Å². The standard InChI is InChI=1S/C12H15N3O3.C2HF3O2/c16-11-5-2-7-15(11)8-6-13-10-4-1-3-9(14-10)12(17)18;3-2(4,5)1(6)7/h1,3-4H,2,5-8H2,(H,13,14)(H,17,18);(H,6,7). The van der Waals surface area contributed by atoms with Crippen molar-refractivity contribution in [3.8, 4) is 0 Å². The maximum atomic E-state index is 11.4. The highest BCUT2D eigenvalue weighted by Crippen LogP contribution is 2.13. The summed E-state index contributed by atoms with van der Waals surface area (Å²) in [6, 6.07) is 4.79. The predicted octanol–water partition coefficient (Wildman–Crippen LogP) is 1.45. The summed E-state index contributed by atoms with van der Waals surface area (Å²) in [6.45, 7) is 2.00. The lowest BCUT2D eigenvalue weighted by Crippen LogP contribution is -2.30. The van der Waals surface area contributed by atoms with Crippen molar-refractivity contribution < 1.29 is 37.8 Å². The number of hydrogen-bond donors (Lipinski definition) is 3. The number of hydrogen-bond acceptors (Lipinski definition) is 5. The van der Waals surface area contributed by atoms with Gasteiger partial charge in [-0.05, 0) is 18.6 Å². The van der Waals surface area contributed by atoms with Crippen LogP contribution in [0.3, 0.4) is 0 Å². The molecule has 0 radical (unpaired) electrons. The van der Waals surface area contributed by atoms with Crippen molar-refractivity contribution in [2.75, 3.05) is 25.0 Å².